The molecule has 7 aliphatic rings. The van der Waals surface area contributed by atoms with Crippen molar-refractivity contribution in [1.29, 1.82) is 0 Å². The first kappa shape index (κ1) is 31.2. The van der Waals surface area contributed by atoms with Crippen molar-refractivity contribution in [2.75, 3.05) is 13.2 Å². The lowest BCUT2D eigenvalue weighted by molar-refractivity contribution is -0.369. The fourth-order valence-electron chi connectivity index (χ4n) is 11.6. The molecule has 0 aromatic heterocycles. The van der Waals surface area contributed by atoms with Gasteiger partial charge >= 0.3 is 0 Å². The predicted octanol–water partition coefficient (Wildman–Crippen LogP) is 0.284. The van der Waals surface area contributed by atoms with Crippen molar-refractivity contribution in [3.63, 3.8) is 0 Å². The Bertz CT molecular complexity index is 1070. The van der Waals surface area contributed by atoms with E-state index in [2.05, 4.69) is 20.8 Å². The van der Waals surface area contributed by atoms with Crippen LogP contribution in [0, 0.1) is 46.3 Å². The highest BCUT2D eigenvalue weighted by atomic mass is 16.7. The van der Waals surface area contributed by atoms with Gasteiger partial charge in [0.1, 0.15) is 42.2 Å². The maximum Gasteiger partial charge on any atom is 0.186 e. The third-order valence-electron chi connectivity index (χ3n) is 14.1. The molecule has 19 atom stereocenters. The zero-order chi connectivity index (χ0) is 30.9. The zero-order valence-electron chi connectivity index (χ0n) is 25.8. The summed E-state index contributed by atoms with van der Waals surface area (Å²) in [5.41, 5.74) is -2.97. The van der Waals surface area contributed by atoms with E-state index in [0.717, 1.165) is 38.7 Å². The maximum atomic E-state index is 12.5. The normalized spacial score (nSPS) is 63.3. The van der Waals surface area contributed by atoms with Gasteiger partial charge in [-0.1, -0.05) is 27.7 Å². The lowest BCUT2D eigenvalue weighted by Gasteiger charge is -2.67. The van der Waals surface area contributed by atoms with Crippen molar-refractivity contribution >= 4 is 0 Å². The van der Waals surface area contributed by atoms with E-state index >= 15 is 0 Å². The van der Waals surface area contributed by atoms with Gasteiger partial charge in [-0.25, -0.2) is 0 Å². The highest BCUT2D eigenvalue weighted by Gasteiger charge is 2.75. The molecule has 7 fully saturated rings. The summed E-state index contributed by atoms with van der Waals surface area (Å²) >= 11 is 0. The molecule has 3 saturated heterocycles. The molecular formula is C32H52O11. The van der Waals surface area contributed by atoms with E-state index in [9.17, 15) is 35.7 Å². The second-order valence-corrected chi connectivity index (χ2v) is 15.9. The van der Waals surface area contributed by atoms with Crippen LogP contribution >= 0.6 is 0 Å². The second kappa shape index (κ2) is 10.3. The van der Waals surface area contributed by atoms with Gasteiger partial charge in [-0.15, -0.1) is 0 Å². The average Bonchev–Trinajstić information content (AvgIpc) is 3.42. The Morgan fingerprint density at radius 3 is 2.23 bits per heavy atom. The molecule has 0 amide bonds. The molecular weight excluding hydrogens is 560 g/mol. The number of rotatable bonds is 2. The van der Waals surface area contributed by atoms with E-state index in [1.54, 1.807) is 6.92 Å². The zero-order valence-corrected chi connectivity index (χ0v) is 25.8. The van der Waals surface area contributed by atoms with Crippen LogP contribution in [-0.2, 0) is 18.9 Å². The highest BCUT2D eigenvalue weighted by molar-refractivity contribution is 5.23. The summed E-state index contributed by atoms with van der Waals surface area (Å²) < 4.78 is 24.8. The van der Waals surface area contributed by atoms with Crippen LogP contribution in [0.2, 0.25) is 0 Å². The minimum absolute atomic E-state index is 0.0116. The molecule has 3 aliphatic heterocycles. The Morgan fingerprint density at radius 1 is 0.791 bits per heavy atom. The Morgan fingerprint density at radius 2 is 1.53 bits per heavy atom. The Hall–Kier alpha value is -0.440. The fourth-order valence-corrected chi connectivity index (χ4v) is 11.6. The Balaban J connectivity index is 1.16. The summed E-state index contributed by atoms with van der Waals surface area (Å²) in [6, 6.07) is 0. The maximum absolute atomic E-state index is 12.5. The van der Waals surface area contributed by atoms with Crippen LogP contribution in [0.25, 0.3) is 0 Å². The summed E-state index contributed by atoms with van der Waals surface area (Å²) in [6.45, 7) is 9.15. The van der Waals surface area contributed by atoms with E-state index in [1.807, 2.05) is 0 Å². The lowest BCUT2D eigenvalue weighted by atomic mass is 9.41. The average molecular weight is 613 g/mol. The summed E-state index contributed by atoms with van der Waals surface area (Å²) in [4.78, 5) is 0. The summed E-state index contributed by atoms with van der Waals surface area (Å²) in [6.07, 6.45) is -6.48. The van der Waals surface area contributed by atoms with Gasteiger partial charge in [0.25, 0.3) is 0 Å². The molecule has 11 heteroatoms. The molecule has 3 heterocycles. The largest absolute Gasteiger partial charge is 0.390 e. The monoisotopic (exact) mass is 612 g/mol. The van der Waals surface area contributed by atoms with Crippen LogP contribution in [0.5, 0.6) is 0 Å². The summed E-state index contributed by atoms with van der Waals surface area (Å²) in [5, 5.41) is 77.1. The number of hydrogen-bond donors (Lipinski definition) is 7. The molecule has 43 heavy (non-hydrogen) atoms. The van der Waals surface area contributed by atoms with E-state index in [4.69, 9.17) is 18.9 Å². The van der Waals surface area contributed by atoms with Gasteiger partial charge in [-0.3, -0.25) is 0 Å². The van der Waals surface area contributed by atoms with Gasteiger partial charge in [0.15, 0.2) is 12.1 Å². The lowest BCUT2D eigenvalue weighted by Crippen LogP contribution is -2.78. The van der Waals surface area contributed by atoms with Crippen LogP contribution in [0.1, 0.15) is 72.6 Å². The summed E-state index contributed by atoms with van der Waals surface area (Å²) in [7, 11) is 0. The van der Waals surface area contributed by atoms with Crippen molar-refractivity contribution < 1.29 is 54.7 Å². The molecule has 0 radical (unpaired) electrons. The molecule has 0 bridgehead atoms. The smallest absolute Gasteiger partial charge is 0.186 e. The fraction of sp³-hybridized carbons (Fsp3) is 1.00. The molecule has 7 N–H and O–H groups in total. The first-order chi connectivity index (χ1) is 20.2. The molecule has 1 spiro atoms. The molecule has 0 aromatic carbocycles. The topological polar surface area (TPSA) is 179 Å². The van der Waals surface area contributed by atoms with Crippen molar-refractivity contribution in [2.45, 2.75) is 139 Å². The number of ether oxygens (including phenoxy) is 4. The van der Waals surface area contributed by atoms with Crippen molar-refractivity contribution in [1.82, 2.24) is 0 Å². The molecule has 7 rings (SSSR count). The predicted molar refractivity (Wildman–Crippen MR) is 150 cm³/mol. The highest BCUT2D eigenvalue weighted by Crippen LogP contribution is 2.72. The Kier molecular flexibility index (Phi) is 7.45. The summed E-state index contributed by atoms with van der Waals surface area (Å²) in [5.74, 6) is 0.958. The minimum atomic E-state index is -1.75. The number of aliphatic hydroxyl groups excluding tert-OH is 6. The van der Waals surface area contributed by atoms with Gasteiger partial charge < -0.3 is 54.7 Å². The van der Waals surface area contributed by atoms with Crippen molar-refractivity contribution in [3.05, 3.63) is 0 Å². The van der Waals surface area contributed by atoms with E-state index < -0.39 is 65.8 Å². The molecule has 4 saturated carbocycles. The van der Waals surface area contributed by atoms with E-state index in [-0.39, 0.29) is 42.3 Å². The third-order valence-corrected chi connectivity index (χ3v) is 14.1. The van der Waals surface area contributed by atoms with E-state index in [0.29, 0.717) is 24.2 Å². The first-order valence-corrected chi connectivity index (χ1v) is 16.6. The molecule has 11 nitrogen and oxygen atoms in total. The van der Waals surface area contributed by atoms with Crippen LogP contribution in [-0.4, -0.2) is 115 Å². The van der Waals surface area contributed by atoms with Gasteiger partial charge in [0.05, 0.1) is 25.4 Å². The molecule has 0 aromatic rings. The van der Waals surface area contributed by atoms with Crippen LogP contribution in [0.3, 0.4) is 0 Å². The number of aliphatic hydroxyl groups is 7. The van der Waals surface area contributed by atoms with Gasteiger partial charge in [0, 0.05) is 17.8 Å². The SMILES string of the molecule is C[C@@H]1CC[C@]2(OC1)OC1CC3C4CC[C@]5(O)[C@@H](O[C@@H]6OC[C@@H](O)[C@H](O)[C@@H]6O)[C@@H](O)[C@@H](O)[C@@H](O)[C@]5(C)C4CC[C@]3(C)C1[C@@H]2C. The molecule has 246 valence electrons. The van der Waals surface area contributed by atoms with Crippen LogP contribution in [0.4, 0.5) is 0 Å². The quantitative estimate of drug-likeness (QED) is 0.228. The Labute approximate surface area is 253 Å². The van der Waals surface area contributed by atoms with E-state index in [1.165, 1.54) is 0 Å². The molecule has 4 aliphatic carbocycles. The van der Waals surface area contributed by atoms with Crippen molar-refractivity contribution in [3.8, 4) is 0 Å². The van der Waals surface area contributed by atoms with Crippen LogP contribution in [0.15, 0.2) is 0 Å². The second-order valence-electron chi connectivity index (χ2n) is 15.9. The van der Waals surface area contributed by atoms with Gasteiger partial charge in [-0.2, -0.15) is 0 Å². The van der Waals surface area contributed by atoms with Gasteiger partial charge in [-0.05, 0) is 73.5 Å². The minimum Gasteiger partial charge on any atom is -0.390 e. The van der Waals surface area contributed by atoms with Crippen LogP contribution < -0.4 is 0 Å². The third kappa shape index (κ3) is 4.06. The molecule has 5 unspecified atom stereocenters. The first-order valence-electron chi connectivity index (χ1n) is 16.6. The number of hydrogen-bond acceptors (Lipinski definition) is 11. The van der Waals surface area contributed by atoms with Crippen molar-refractivity contribution in [2.24, 2.45) is 46.3 Å². The standard InChI is InChI=1S/C32H52O11/c1-14-5-10-32(41-12-14)15(2)21-20(43-32)11-18-16-6-9-31(39)27(42-28-25(37)22(34)19(33)13-40-28)24(36)23(35)26(38)30(31,4)17(16)7-8-29(18,21)3/h14-28,33-39H,5-13H2,1-4H3/t14-,15+,16?,17?,18?,19-,20?,21?,22+,23-,24+,25+,26-,27+,28+,29+,30+,31+,32+/m1/s1. The van der Waals surface area contributed by atoms with Gasteiger partial charge in [0.2, 0.25) is 0 Å². The number of fused-ring (bicyclic) bond motifs is 7.